The first-order valence-electron chi connectivity index (χ1n) is 9.22. The molecule has 0 spiro atoms. The fourth-order valence-corrected chi connectivity index (χ4v) is 5.67. The van der Waals surface area contributed by atoms with Crippen LogP contribution in [0.2, 0.25) is 0 Å². The molecule has 4 rings (SSSR count). The predicted octanol–water partition coefficient (Wildman–Crippen LogP) is 3.71. The molecule has 3 aliphatic rings. The maximum Gasteiger partial charge on any atom is 0.344 e. The van der Waals surface area contributed by atoms with E-state index in [-0.39, 0.29) is 12.0 Å². The van der Waals surface area contributed by atoms with Crippen LogP contribution < -0.4 is 0 Å². The number of rotatable bonds is 3. The summed E-state index contributed by atoms with van der Waals surface area (Å²) in [5.74, 6) is 1.17. The second-order valence-electron chi connectivity index (χ2n) is 8.00. The molecule has 0 radical (unpaired) electrons. The summed E-state index contributed by atoms with van der Waals surface area (Å²) in [7, 11) is 0. The molecule has 1 aromatic carbocycles. The van der Waals surface area contributed by atoms with Crippen molar-refractivity contribution >= 4 is 11.7 Å². The number of hydrogen-bond donors (Lipinski definition) is 2. The lowest BCUT2D eigenvalue weighted by atomic mass is 9.55. The van der Waals surface area contributed by atoms with Crippen LogP contribution in [0.1, 0.15) is 56.1 Å². The summed E-state index contributed by atoms with van der Waals surface area (Å²) in [6, 6.07) is 5.86. The lowest BCUT2D eigenvalue weighted by molar-refractivity contribution is -0.142. The van der Waals surface area contributed by atoms with Crippen molar-refractivity contribution in [3.63, 3.8) is 0 Å². The second-order valence-corrected chi connectivity index (χ2v) is 8.00. The number of carboxylic acid groups (broad SMARTS) is 1. The highest BCUT2D eigenvalue weighted by Crippen LogP contribution is 2.59. The number of aliphatic carboxylic acids is 1. The van der Waals surface area contributed by atoms with Crippen LogP contribution in [0.3, 0.4) is 0 Å². The van der Waals surface area contributed by atoms with Gasteiger partial charge in [-0.05, 0) is 79.5 Å². The maximum absolute atomic E-state index is 10.7. The number of hydrogen-bond acceptors (Lipinski definition) is 4. The van der Waals surface area contributed by atoms with E-state index in [1.807, 2.05) is 12.1 Å². The van der Waals surface area contributed by atoms with E-state index in [0.717, 1.165) is 44.2 Å². The summed E-state index contributed by atoms with van der Waals surface area (Å²) < 4.78 is 0. The van der Waals surface area contributed by atoms with E-state index >= 15 is 0 Å². The molecule has 0 saturated heterocycles. The molecule has 0 amide bonds. The number of phenolic OH excluding ortho intramolecular Hbond substituents is 1. The zero-order chi connectivity index (χ0) is 17.6. The molecule has 5 nitrogen and oxygen atoms in total. The van der Waals surface area contributed by atoms with Crippen molar-refractivity contribution in [3.05, 3.63) is 29.3 Å². The van der Waals surface area contributed by atoms with E-state index < -0.39 is 5.97 Å². The molecule has 0 aliphatic heterocycles. The first-order valence-corrected chi connectivity index (χ1v) is 9.22. The fraction of sp³-hybridized carbons (Fsp3) is 0.600. The van der Waals surface area contributed by atoms with Gasteiger partial charge in [0.2, 0.25) is 6.61 Å². The molecule has 0 bridgehead atoms. The molecule has 134 valence electrons. The van der Waals surface area contributed by atoms with Gasteiger partial charge in [-0.1, -0.05) is 18.1 Å². The minimum atomic E-state index is -0.986. The number of benzene rings is 1. The van der Waals surface area contributed by atoms with Crippen LogP contribution in [0.25, 0.3) is 0 Å². The van der Waals surface area contributed by atoms with E-state index in [4.69, 9.17) is 9.94 Å². The number of carboxylic acids is 1. The molecule has 2 saturated carbocycles. The van der Waals surface area contributed by atoms with Gasteiger partial charge in [0.15, 0.2) is 0 Å². The summed E-state index contributed by atoms with van der Waals surface area (Å²) in [4.78, 5) is 15.7. The largest absolute Gasteiger partial charge is 0.508 e. The Balaban J connectivity index is 1.58. The third-order valence-corrected chi connectivity index (χ3v) is 6.81. The first kappa shape index (κ1) is 16.4. The minimum Gasteiger partial charge on any atom is -0.508 e. The van der Waals surface area contributed by atoms with Crippen LogP contribution >= 0.6 is 0 Å². The minimum absolute atomic E-state index is 0.0358. The molecule has 2 unspecified atom stereocenters. The summed E-state index contributed by atoms with van der Waals surface area (Å²) in [5, 5.41) is 22.7. The van der Waals surface area contributed by atoms with Gasteiger partial charge in [0.05, 0.1) is 5.71 Å². The second kappa shape index (κ2) is 6.04. The Hall–Kier alpha value is -2.04. The van der Waals surface area contributed by atoms with Crippen LogP contribution in [0.4, 0.5) is 0 Å². The Morgan fingerprint density at radius 3 is 2.96 bits per heavy atom. The monoisotopic (exact) mass is 343 g/mol. The number of fused-ring (bicyclic) bond motifs is 5. The van der Waals surface area contributed by atoms with Crippen LogP contribution in [0.15, 0.2) is 23.4 Å². The molecular weight excluding hydrogens is 318 g/mol. The zero-order valence-corrected chi connectivity index (χ0v) is 14.6. The molecule has 1 aromatic rings. The van der Waals surface area contributed by atoms with Crippen molar-refractivity contribution in [2.45, 2.75) is 51.4 Å². The van der Waals surface area contributed by atoms with Crippen molar-refractivity contribution in [2.24, 2.45) is 22.4 Å². The molecule has 2 fully saturated rings. The SMILES string of the molecule is C[C@@]12CCC3c4ccc(O)cc4CC[C@@H]3C1CC/C2=N\OCC(=O)O. The third-order valence-electron chi connectivity index (χ3n) is 6.81. The summed E-state index contributed by atoms with van der Waals surface area (Å²) in [5.41, 5.74) is 3.81. The van der Waals surface area contributed by atoms with Crippen molar-refractivity contribution in [3.8, 4) is 5.75 Å². The molecule has 3 aliphatic carbocycles. The van der Waals surface area contributed by atoms with E-state index in [9.17, 15) is 9.90 Å². The quantitative estimate of drug-likeness (QED) is 0.820. The highest BCUT2D eigenvalue weighted by atomic mass is 16.6. The van der Waals surface area contributed by atoms with Gasteiger partial charge in [0, 0.05) is 5.41 Å². The Bertz CT molecular complexity index is 728. The number of aryl methyl sites for hydroxylation is 1. The molecule has 2 N–H and O–H groups in total. The number of aromatic hydroxyl groups is 1. The Kier molecular flexibility index (Phi) is 3.97. The Labute approximate surface area is 147 Å². The average molecular weight is 343 g/mol. The van der Waals surface area contributed by atoms with E-state index in [1.54, 1.807) is 0 Å². The van der Waals surface area contributed by atoms with Crippen LogP contribution in [-0.2, 0) is 16.1 Å². The molecule has 0 heterocycles. The Morgan fingerprint density at radius 2 is 2.16 bits per heavy atom. The van der Waals surface area contributed by atoms with E-state index in [2.05, 4.69) is 18.1 Å². The molecule has 0 aromatic heterocycles. The number of nitrogens with zero attached hydrogens (tertiary/aromatic N) is 1. The average Bonchev–Trinajstić information content (AvgIpc) is 2.91. The van der Waals surface area contributed by atoms with Gasteiger partial charge >= 0.3 is 5.97 Å². The van der Waals surface area contributed by atoms with Crippen LogP contribution in [0, 0.1) is 17.3 Å². The highest BCUT2D eigenvalue weighted by molar-refractivity contribution is 5.92. The van der Waals surface area contributed by atoms with Crippen molar-refractivity contribution in [1.82, 2.24) is 0 Å². The topological polar surface area (TPSA) is 79.1 Å². The Morgan fingerprint density at radius 1 is 1.32 bits per heavy atom. The van der Waals surface area contributed by atoms with Gasteiger partial charge in [0.25, 0.3) is 0 Å². The molecule has 4 atom stereocenters. The number of carbonyl (C=O) groups is 1. The van der Waals surface area contributed by atoms with Crippen LogP contribution in [0.5, 0.6) is 5.75 Å². The normalized spacial score (nSPS) is 34.9. The van der Waals surface area contributed by atoms with Gasteiger partial charge in [-0.3, -0.25) is 0 Å². The molecule has 25 heavy (non-hydrogen) atoms. The molecular formula is C20H25NO4. The third kappa shape index (κ3) is 2.70. The maximum atomic E-state index is 10.7. The van der Waals surface area contributed by atoms with Crippen molar-refractivity contribution in [2.75, 3.05) is 6.61 Å². The standard InChI is InChI=1S/C20H25NO4/c1-20-9-8-15-14-5-3-13(22)10-12(14)2-4-16(15)17(20)6-7-18(20)21-25-11-19(23)24/h3,5,10,15-17,22H,2,4,6-9,11H2,1H3,(H,23,24)/b21-18+/t15?,16-,17?,20+/m0/s1. The van der Waals surface area contributed by atoms with Crippen molar-refractivity contribution < 1.29 is 19.8 Å². The summed E-state index contributed by atoms with van der Waals surface area (Å²) in [6.07, 6.45) is 6.39. The van der Waals surface area contributed by atoms with E-state index in [1.165, 1.54) is 11.1 Å². The van der Waals surface area contributed by atoms with Gasteiger partial charge in [0.1, 0.15) is 5.75 Å². The fourth-order valence-electron chi connectivity index (χ4n) is 5.67. The first-order chi connectivity index (χ1) is 12.0. The van der Waals surface area contributed by atoms with Gasteiger partial charge in [-0.25, -0.2) is 4.79 Å². The lowest BCUT2D eigenvalue weighted by Crippen LogP contribution is -2.42. The number of phenols is 1. The van der Waals surface area contributed by atoms with Crippen molar-refractivity contribution in [1.29, 1.82) is 0 Å². The van der Waals surface area contributed by atoms with Gasteiger partial charge in [-0.15, -0.1) is 0 Å². The summed E-state index contributed by atoms with van der Waals surface area (Å²) in [6.45, 7) is 1.92. The smallest absolute Gasteiger partial charge is 0.344 e. The predicted molar refractivity (Wildman–Crippen MR) is 93.7 cm³/mol. The lowest BCUT2D eigenvalue weighted by Gasteiger charge is -2.49. The van der Waals surface area contributed by atoms with E-state index in [0.29, 0.717) is 23.5 Å². The molecule has 5 heteroatoms. The summed E-state index contributed by atoms with van der Waals surface area (Å²) >= 11 is 0. The zero-order valence-electron chi connectivity index (χ0n) is 14.6. The van der Waals surface area contributed by atoms with Gasteiger partial charge < -0.3 is 15.1 Å². The number of oxime groups is 1. The highest BCUT2D eigenvalue weighted by Gasteiger charge is 2.53. The van der Waals surface area contributed by atoms with Crippen LogP contribution in [-0.4, -0.2) is 28.5 Å². The van der Waals surface area contributed by atoms with Gasteiger partial charge in [-0.2, -0.15) is 0 Å².